The Labute approximate surface area is 91.0 Å². The van der Waals surface area contributed by atoms with E-state index < -0.39 is 0 Å². The molecule has 88 valence electrons. The lowest BCUT2D eigenvalue weighted by atomic mass is 10.2. The summed E-state index contributed by atoms with van der Waals surface area (Å²) in [5.74, 6) is -0.442. The van der Waals surface area contributed by atoms with Gasteiger partial charge in [0.15, 0.2) is 0 Å². The lowest BCUT2D eigenvalue weighted by molar-refractivity contribution is -0.126. The number of hydrogen-bond donors (Lipinski definition) is 2. The third-order valence-corrected chi connectivity index (χ3v) is 2.28. The van der Waals surface area contributed by atoms with E-state index in [1.165, 1.54) is 0 Å². The van der Waals surface area contributed by atoms with E-state index in [9.17, 15) is 9.59 Å². The number of carbonyl (C=O) groups is 2. The number of nitrogens with one attached hydrogen (secondary N) is 1. The predicted octanol–water partition coefficient (Wildman–Crippen LogP) is -0.292. The minimum absolute atomic E-state index is 0.0703. The lowest BCUT2D eigenvalue weighted by Crippen LogP contribution is -2.48. The van der Waals surface area contributed by atoms with Gasteiger partial charge < -0.3 is 11.1 Å². The Morgan fingerprint density at radius 3 is 2.27 bits per heavy atom. The molecule has 0 fully saturated rings. The first-order valence-corrected chi connectivity index (χ1v) is 5.36. The zero-order chi connectivity index (χ0) is 11.8. The SMILES string of the molecule is CCNC(=O)CN(CC)C(CC)C(N)=O. The maximum absolute atomic E-state index is 11.4. The molecule has 0 aliphatic heterocycles. The first-order valence-electron chi connectivity index (χ1n) is 5.36. The lowest BCUT2D eigenvalue weighted by Gasteiger charge is -2.26. The van der Waals surface area contributed by atoms with Crippen LogP contribution < -0.4 is 11.1 Å². The van der Waals surface area contributed by atoms with Crippen molar-refractivity contribution < 1.29 is 9.59 Å². The van der Waals surface area contributed by atoms with Crippen LogP contribution in [0.5, 0.6) is 0 Å². The Kier molecular flexibility index (Phi) is 6.70. The quantitative estimate of drug-likeness (QED) is 0.612. The van der Waals surface area contributed by atoms with Gasteiger partial charge in [-0.15, -0.1) is 0 Å². The van der Waals surface area contributed by atoms with E-state index in [1.54, 1.807) is 4.90 Å². The highest BCUT2D eigenvalue weighted by atomic mass is 16.2. The fourth-order valence-corrected chi connectivity index (χ4v) is 1.52. The van der Waals surface area contributed by atoms with Crippen LogP contribution in [0.3, 0.4) is 0 Å². The van der Waals surface area contributed by atoms with Gasteiger partial charge in [-0.1, -0.05) is 13.8 Å². The van der Waals surface area contributed by atoms with Crippen LogP contribution in [-0.2, 0) is 9.59 Å². The van der Waals surface area contributed by atoms with Gasteiger partial charge in [0, 0.05) is 6.54 Å². The maximum Gasteiger partial charge on any atom is 0.234 e. The van der Waals surface area contributed by atoms with Crippen molar-refractivity contribution in [2.24, 2.45) is 5.73 Å². The second-order valence-corrected chi connectivity index (χ2v) is 3.34. The monoisotopic (exact) mass is 215 g/mol. The summed E-state index contributed by atoms with van der Waals surface area (Å²) in [6.07, 6.45) is 0.628. The van der Waals surface area contributed by atoms with Gasteiger partial charge in [0.25, 0.3) is 0 Å². The maximum atomic E-state index is 11.4. The van der Waals surface area contributed by atoms with Gasteiger partial charge in [-0.25, -0.2) is 0 Å². The third kappa shape index (κ3) is 4.78. The van der Waals surface area contributed by atoms with Gasteiger partial charge in [0.1, 0.15) is 0 Å². The Bertz CT molecular complexity index is 219. The summed E-state index contributed by atoms with van der Waals surface area (Å²) in [6.45, 7) is 7.12. The summed E-state index contributed by atoms with van der Waals surface area (Å²) in [7, 11) is 0. The molecule has 0 aromatic carbocycles. The molecule has 0 aliphatic rings. The summed E-state index contributed by atoms with van der Waals surface area (Å²) >= 11 is 0. The summed E-state index contributed by atoms with van der Waals surface area (Å²) < 4.78 is 0. The fourth-order valence-electron chi connectivity index (χ4n) is 1.52. The fraction of sp³-hybridized carbons (Fsp3) is 0.800. The van der Waals surface area contributed by atoms with Crippen molar-refractivity contribution in [3.05, 3.63) is 0 Å². The van der Waals surface area contributed by atoms with Crippen molar-refractivity contribution in [3.63, 3.8) is 0 Å². The molecule has 3 N–H and O–H groups in total. The van der Waals surface area contributed by atoms with Crippen LogP contribution in [0.2, 0.25) is 0 Å². The molecule has 0 aromatic heterocycles. The number of amides is 2. The second-order valence-electron chi connectivity index (χ2n) is 3.34. The summed E-state index contributed by atoms with van der Waals surface area (Å²) in [5, 5.41) is 2.70. The van der Waals surface area contributed by atoms with Crippen molar-refractivity contribution >= 4 is 11.8 Å². The van der Waals surface area contributed by atoms with Crippen molar-refractivity contribution in [1.82, 2.24) is 10.2 Å². The molecular weight excluding hydrogens is 194 g/mol. The Hall–Kier alpha value is -1.10. The van der Waals surface area contributed by atoms with Gasteiger partial charge in [-0.05, 0) is 19.9 Å². The highest BCUT2D eigenvalue weighted by Crippen LogP contribution is 2.02. The molecule has 0 heterocycles. The largest absolute Gasteiger partial charge is 0.368 e. The molecule has 0 bridgehead atoms. The van der Waals surface area contributed by atoms with E-state index in [4.69, 9.17) is 5.73 Å². The molecule has 0 rings (SSSR count). The second kappa shape index (κ2) is 7.23. The van der Waals surface area contributed by atoms with E-state index in [2.05, 4.69) is 5.32 Å². The highest BCUT2D eigenvalue weighted by molar-refractivity contribution is 5.82. The molecule has 1 atom stereocenters. The number of nitrogens with two attached hydrogens (primary N) is 1. The minimum atomic E-state index is -0.372. The summed E-state index contributed by atoms with van der Waals surface area (Å²) in [6, 6.07) is -0.349. The van der Waals surface area contributed by atoms with E-state index in [0.717, 1.165) is 0 Å². The molecule has 2 amide bonds. The van der Waals surface area contributed by atoms with Crippen LogP contribution in [0.15, 0.2) is 0 Å². The molecule has 0 saturated heterocycles. The van der Waals surface area contributed by atoms with Crippen molar-refractivity contribution in [1.29, 1.82) is 0 Å². The molecule has 0 aliphatic carbocycles. The average Bonchev–Trinajstić information content (AvgIpc) is 2.17. The molecule has 1 unspecified atom stereocenters. The van der Waals surface area contributed by atoms with Crippen molar-refractivity contribution in [3.8, 4) is 0 Å². The van der Waals surface area contributed by atoms with Crippen LogP contribution in [0.25, 0.3) is 0 Å². The van der Waals surface area contributed by atoms with Crippen LogP contribution in [0.1, 0.15) is 27.2 Å². The smallest absolute Gasteiger partial charge is 0.234 e. The van der Waals surface area contributed by atoms with E-state index in [0.29, 0.717) is 19.5 Å². The number of carbonyl (C=O) groups excluding carboxylic acids is 2. The van der Waals surface area contributed by atoms with Gasteiger partial charge >= 0.3 is 0 Å². The average molecular weight is 215 g/mol. The molecule has 5 heteroatoms. The molecule has 0 spiro atoms. The van der Waals surface area contributed by atoms with Crippen LogP contribution in [-0.4, -0.2) is 42.4 Å². The Morgan fingerprint density at radius 2 is 1.93 bits per heavy atom. The standard InChI is InChI=1S/C10H21N3O2/c1-4-8(10(11)15)13(6-3)7-9(14)12-5-2/h8H,4-7H2,1-3H3,(H2,11,15)(H,12,14). The van der Waals surface area contributed by atoms with Crippen LogP contribution >= 0.6 is 0 Å². The van der Waals surface area contributed by atoms with Crippen LogP contribution in [0, 0.1) is 0 Å². The highest BCUT2D eigenvalue weighted by Gasteiger charge is 2.22. The summed E-state index contributed by atoms with van der Waals surface area (Å²) in [5.41, 5.74) is 5.26. The number of hydrogen-bond acceptors (Lipinski definition) is 3. The number of rotatable bonds is 7. The van der Waals surface area contributed by atoms with E-state index in [-0.39, 0.29) is 24.4 Å². The topological polar surface area (TPSA) is 75.4 Å². The molecule has 0 aromatic rings. The zero-order valence-electron chi connectivity index (χ0n) is 9.75. The Morgan fingerprint density at radius 1 is 1.33 bits per heavy atom. The normalized spacial score (nSPS) is 12.5. The molecule has 0 radical (unpaired) electrons. The molecule has 15 heavy (non-hydrogen) atoms. The van der Waals surface area contributed by atoms with E-state index in [1.807, 2.05) is 20.8 Å². The van der Waals surface area contributed by atoms with Gasteiger partial charge in [0.2, 0.25) is 11.8 Å². The van der Waals surface area contributed by atoms with Gasteiger partial charge in [-0.3, -0.25) is 14.5 Å². The first-order chi connectivity index (χ1) is 7.06. The Balaban J connectivity index is 4.33. The van der Waals surface area contributed by atoms with E-state index >= 15 is 0 Å². The van der Waals surface area contributed by atoms with Gasteiger partial charge in [0.05, 0.1) is 12.6 Å². The number of primary amides is 1. The number of nitrogens with zero attached hydrogens (tertiary/aromatic N) is 1. The van der Waals surface area contributed by atoms with Crippen molar-refractivity contribution in [2.75, 3.05) is 19.6 Å². The van der Waals surface area contributed by atoms with Crippen LogP contribution in [0.4, 0.5) is 0 Å². The van der Waals surface area contributed by atoms with Crippen molar-refractivity contribution in [2.45, 2.75) is 33.2 Å². The molecular formula is C10H21N3O2. The summed E-state index contributed by atoms with van der Waals surface area (Å²) in [4.78, 5) is 24.3. The van der Waals surface area contributed by atoms with Gasteiger partial charge in [-0.2, -0.15) is 0 Å². The predicted molar refractivity (Wildman–Crippen MR) is 59.2 cm³/mol. The molecule has 5 nitrogen and oxygen atoms in total. The third-order valence-electron chi connectivity index (χ3n) is 2.28. The number of likely N-dealkylation sites (N-methyl/N-ethyl adjacent to an activating group) is 2. The zero-order valence-corrected chi connectivity index (χ0v) is 9.75. The minimum Gasteiger partial charge on any atom is -0.368 e. The molecule has 0 saturated carbocycles. The first kappa shape index (κ1) is 13.9.